The van der Waals surface area contributed by atoms with E-state index < -0.39 is 24.0 Å². The first kappa shape index (κ1) is 35.1. The molecule has 2 amide bonds. The van der Waals surface area contributed by atoms with E-state index in [9.17, 15) is 19.5 Å². The minimum Gasteiger partial charge on any atom is -0.548 e. The molecule has 0 aliphatic carbocycles. The van der Waals surface area contributed by atoms with E-state index in [-0.39, 0.29) is 24.2 Å². The van der Waals surface area contributed by atoms with Crippen LogP contribution < -0.4 is 15.7 Å². The van der Waals surface area contributed by atoms with Gasteiger partial charge in [-0.25, -0.2) is 0 Å². The van der Waals surface area contributed by atoms with Crippen molar-refractivity contribution in [3.8, 4) is 0 Å². The van der Waals surface area contributed by atoms with Crippen molar-refractivity contribution in [1.29, 1.82) is 0 Å². The van der Waals surface area contributed by atoms with Gasteiger partial charge in [0.15, 0.2) is 0 Å². The maximum atomic E-state index is 12.7. The van der Waals surface area contributed by atoms with Gasteiger partial charge in [0.25, 0.3) is 0 Å². The number of carbonyl (C=O) groups is 3. The Morgan fingerprint density at radius 1 is 0.658 bits per heavy atom. The summed E-state index contributed by atoms with van der Waals surface area (Å²) in [5.41, 5.74) is 0. The van der Waals surface area contributed by atoms with Crippen LogP contribution in [0.4, 0.5) is 0 Å². The van der Waals surface area contributed by atoms with Crippen LogP contribution >= 0.6 is 0 Å². The molecule has 0 heterocycles. The maximum Gasteiger partial charge on any atom is 0.243 e. The summed E-state index contributed by atoms with van der Waals surface area (Å²) in [6, 6.07) is -1.82. The van der Waals surface area contributed by atoms with Crippen LogP contribution in [0.25, 0.3) is 0 Å². The third-order valence-corrected chi connectivity index (χ3v) is 5.60. The van der Waals surface area contributed by atoms with Crippen LogP contribution in [0.1, 0.15) is 98.8 Å². The average Bonchev–Trinajstić information content (AvgIpc) is 2.84. The molecule has 6 heteroatoms. The first-order valence-electron chi connectivity index (χ1n) is 14.2. The molecule has 0 aromatic carbocycles. The first-order valence-corrected chi connectivity index (χ1v) is 14.2. The van der Waals surface area contributed by atoms with Crippen molar-refractivity contribution in [3.63, 3.8) is 0 Å². The lowest BCUT2D eigenvalue weighted by molar-refractivity contribution is -0.308. The van der Waals surface area contributed by atoms with Crippen molar-refractivity contribution in [3.05, 3.63) is 60.8 Å². The highest BCUT2D eigenvalue weighted by Crippen LogP contribution is 2.09. The second-order valence-electron chi connectivity index (χ2n) is 10.4. The number of allylic oxidation sites excluding steroid dienone is 10. The Balaban J connectivity index is 4.28. The molecule has 0 radical (unpaired) electrons. The Hall–Kier alpha value is -2.89. The van der Waals surface area contributed by atoms with E-state index in [4.69, 9.17) is 0 Å². The third kappa shape index (κ3) is 21.2. The minimum atomic E-state index is -1.31. The van der Waals surface area contributed by atoms with Crippen LogP contribution in [-0.2, 0) is 14.4 Å². The molecule has 0 aliphatic rings. The molecule has 0 bridgehead atoms. The molecule has 0 aromatic rings. The van der Waals surface area contributed by atoms with E-state index in [0.717, 1.165) is 38.5 Å². The summed E-state index contributed by atoms with van der Waals surface area (Å²) >= 11 is 0. The highest BCUT2D eigenvalue weighted by Gasteiger charge is 2.25. The summed E-state index contributed by atoms with van der Waals surface area (Å²) in [6.45, 7) is 9.81. The quantitative estimate of drug-likeness (QED) is 0.147. The molecule has 2 N–H and O–H groups in total. The SMILES string of the molecule is CC/C=C\C/C=C\C/C=C\C/C=C\C/C=C\CCCC(=O)N[C@@H](CC(C)C)C(=O)N[C@@H](CC(C)C)C(=O)[O-]. The average molecular weight is 528 g/mol. The lowest BCUT2D eigenvalue weighted by atomic mass is 10.0. The van der Waals surface area contributed by atoms with Gasteiger partial charge in [-0.1, -0.05) is 95.4 Å². The molecule has 0 saturated heterocycles. The molecule has 6 nitrogen and oxygen atoms in total. The lowest BCUT2D eigenvalue weighted by Gasteiger charge is -2.26. The molecule has 0 aromatic heterocycles. The zero-order valence-electron chi connectivity index (χ0n) is 24.3. The molecule has 0 rings (SSSR count). The second kappa shape index (κ2) is 23.2. The van der Waals surface area contributed by atoms with Gasteiger partial charge in [-0.15, -0.1) is 0 Å². The van der Waals surface area contributed by atoms with Crippen LogP contribution in [0.15, 0.2) is 60.8 Å². The van der Waals surface area contributed by atoms with Gasteiger partial charge in [-0.3, -0.25) is 9.59 Å². The largest absolute Gasteiger partial charge is 0.548 e. The van der Waals surface area contributed by atoms with E-state index >= 15 is 0 Å². The van der Waals surface area contributed by atoms with Gasteiger partial charge in [0, 0.05) is 6.42 Å². The number of carboxylic acids is 1. The van der Waals surface area contributed by atoms with Gasteiger partial charge >= 0.3 is 0 Å². The summed E-state index contributed by atoms with van der Waals surface area (Å²) < 4.78 is 0. The van der Waals surface area contributed by atoms with Crippen LogP contribution in [0.3, 0.4) is 0 Å². The summed E-state index contributed by atoms with van der Waals surface area (Å²) in [7, 11) is 0. The van der Waals surface area contributed by atoms with Crippen molar-refractivity contribution in [2.45, 2.75) is 111 Å². The summed E-state index contributed by atoms with van der Waals surface area (Å²) in [6.07, 6.45) is 28.8. The molecule has 0 aliphatic heterocycles. The first-order chi connectivity index (χ1) is 18.2. The van der Waals surface area contributed by atoms with E-state index in [2.05, 4.69) is 78.3 Å². The Kier molecular flexibility index (Phi) is 21.5. The summed E-state index contributed by atoms with van der Waals surface area (Å²) in [5, 5.41) is 16.7. The van der Waals surface area contributed by atoms with Crippen molar-refractivity contribution >= 4 is 17.8 Å². The van der Waals surface area contributed by atoms with Crippen molar-refractivity contribution in [1.82, 2.24) is 10.6 Å². The number of hydrogen-bond donors (Lipinski definition) is 2. The molecule has 214 valence electrons. The van der Waals surface area contributed by atoms with Gasteiger partial charge in [0.05, 0.1) is 12.0 Å². The third-order valence-electron chi connectivity index (χ3n) is 5.60. The Morgan fingerprint density at radius 2 is 1.11 bits per heavy atom. The number of hydrogen-bond acceptors (Lipinski definition) is 4. The van der Waals surface area contributed by atoms with Crippen molar-refractivity contribution in [2.75, 3.05) is 0 Å². The standard InChI is InChI=1S/C32H52N2O4/c1-6-7-8-9-10-11-12-13-14-15-16-17-18-19-20-21-22-23-30(35)33-28(24-26(2)3)31(36)34-29(32(37)38)25-27(4)5/h7-8,10-11,13-14,16-17,19-20,26-29H,6,9,12,15,18,21-25H2,1-5H3,(H,33,35)(H,34,36)(H,37,38)/p-1/b8-7-,11-10-,14-13-,17-16-,20-19-/t28-,29-/m0/s1. The maximum absolute atomic E-state index is 12.7. The Bertz CT molecular complexity index is 806. The molecule has 0 fully saturated rings. The highest BCUT2D eigenvalue weighted by molar-refractivity contribution is 5.90. The van der Waals surface area contributed by atoms with E-state index in [1.807, 2.05) is 27.7 Å². The van der Waals surface area contributed by atoms with E-state index in [0.29, 0.717) is 19.3 Å². The zero-order chi connectivity index (χ0) is 28.6. The molecule has 2 atom stereocenters. The monoisotopic (exact) mass is 527 g/mol. The molecular formula is C32H51N2O4-. The summed E-state index contributed by atoms with van der Waals surface area (Å²) in [4.78, 5) is 36.5. The molecule has 38 heavy (non-hydrogen) atoms. The fourth-order valence-corrected chi connectivity index (χ4v) is 3.68. The topological polar surface area (TPSA) is 98.3 Å². The number of nitrogens with one attached hydrogen (secondary N) is 2. The molecule has 0 spiro atoms. The van der Waals surface area contributed by atoms with E-state index in [1.165, 1.54) is 0 Å². The number of rotatable bonds is 21. The normalized spacial score (nSPS) is 14.1. The minimum absolute atomic E-state index is 0.0901. The fourth-order valence-electron chi connectivity index (χ4n) is 3.68. The number of carbonyl (C=O) groups excluding carboxylic acids is 3. The van der Waals surface area contributed by atoms with Gasteiger partial charge in [-0.2, -0.15) is 0 Å². The van der Waals surface area contributed by atoms with Crippen molar-refractivity contribution < 1.29 is 19.5 Å². The van der Waals surface area contributed by atoms with Crippen LogP contribution in [0, 0.1) is 11.8 Å². The van der Waals surface area contributed by atoms with E-state index in [1.54, 1.807) is 0 Å². The molecular weight excluding hydrogens is 476 g/mol. The number of unbranched alkanes of at least 4 members (excludes halogenated alkanes) is 1. The summed E-state index contributed by atoms with van der Waals surface area (Å²) in [5.74, 6) is -1.73. The van der Waals surface area contributed by atoms with Gasteiger partial charge in [0.2, 0.25) is 11.8 Å². The van der Waals surface area contributed by atoms with Gasteiger partial charge < -0.3 is 20.5 Å². The molecule has 0 unspecified atom stereocenters. The number of carboxylic acid groups (broad SMARTS) is 1. The zero-order valence-corrected chi connectivity index (χ0v) is 24.3. The van der Waals surface area contributed by atoms with Crippen molar-refractivity contribution in [2.24, 2.45) is 11.8 Å². The second-order valence-corrected chi connectivity index (χ2v) is 10.4. The van der Waals surface area contributed by atoms with Crippen LogP contribution in [0.5, 0.6) is 0 Å². The molecule has 0 saturated carbocycles. The van der Waals surface area contributed by atoms with Crippen LogP contribution in [-0.4, -0.2) is 29.9 Å². The number of amides is 2. The van der Waals surface area contributed by atoms with Gasteiger partial charge in [-0.05, 0) is 69.6 Å². The van der Waals surface area contributed by atoms with Gasteiger partial charge in [0.1, 0.15) is 6.04 Å². The Morgan fingerprint density at radius 3 is 1.55 bits per heavy atom. The fraction of sp³-hybridized carbons (Fsp3) is 0.594. The smallest absolute Gasteiger partial charge is 0.243 e. The predicted octanol–water partition coefficient (Wildman–Crippen LogP) is 5.72. The van der Waals surface area contributed by atoms with Crippen LogP contribution in [0.2, 0.25) is 0 Å². The lowest BCUT2D eigenvalue weighted by Crippen LogP contribution is -2.55. The number of aliphatic carboxylic acids is 1. The predicted molar refractivity (Wildman–Crippen MR) is 156 cm³/mol. The highest BCUT2D eigenvalue weighted by atomic mass is 16.4. The Labute approximate surface area is 231 Å².